The van der Waals surface area contributed by atoms with Crippen LogP contribution in [0.2, 0.25) is 0 Å². The highest BCUT2D eigenvalue weighted by atomic mass is 19.1. The van der Waals surface area contributed by atoms with Crippen molar-refractivity contribution in [3.63, 3.8) is 0 Å². The molecule has 0 unspecified atom stereocenters. The van der Waals surface area contributed by atoms with E-state index in [0.717, 1.165) is 18.3 Å². The van der Waals surface area contributed by atoms with Crippen molar-refractivity contribution in [1.29, 1.82) is 0 Å². The summed E-state index contributed by atoms with van der Waals surface area (Å²) in [5.41, 5.74) is 1.95. The van der Waals surface area contributed by atoms with Gasteiger partial charge in [0.05, 0.1) is 36.8 Å². The van der Waals surface area contributed by atoms with Gasteiger partial charge in [-0.05, 0) is 44.4 Å². The molecule has 0 fully saturated rings. The molecule has 3 aromatic rings. The number of halogens is 1. The van der Waals surface area contributed by atoms with E-state index in [4.69, 9.17) is 9.47 Å². The summed E-state index contributed by atoms with van der Waals surface area (Å²) < 4.78 is 24.4. The Balaban J connectivity index is 1.97. The number of ether oxygens (including phenoxy) is 2. The SMILES string of the molecule is C=CC(=O)Nc1cc(Nc2nccc(C(=O)c3ccc(F)cc3OC)n2)c(OC)cc1N(C)CCN(C)C. The van der Waals surface area contributed by atoms with Gasteiger partial charge in [-0.15, -0.1) is 0 Å². The number of ketones is 1. The Morgan fingerprint density at radius 1 is 1.03 bits per heavy atom. The van der Waals surface area contributed by atoms with E-state index in [1.807, 2.05) is 26.0 Å². The molecule has 0 radical (unpaired) electrons. The van der Waals surface area contributed by atoms with E-state index in [-0.39, 0.29) is 28.9 Å². The third-order valence-corrected chi connectivity index (χ3v) is 5.60. The monoisotopic (exact) mass is 522 g/mol. The molecule has 0 aliphatic carbocycles. The first kappa shape index (κ1) is 28.1. The minimum atomic E-state index is -0.523. The molecular formula is C27H31FN6O4. The van der Waals surface area contributed by atoms with Crippen molar-refractivity contribution < 1.29 is 23.5 Å². The molecular weight excluding hydrogens is 491 g/mol. The number of hydrogen-bond acceptors (Lipinski definition) is 9. The quantitative estimate of drug-likeness (QED) is 0.272. The highest BCUT2D eigenvalue weighted by Crippen LogP contribution is 2.38. The molecule has 0 bridgehead atoms. The Morgan fingerprint density at radius 2 is 1.76 bits per heavy atom. The fourth-order valence-electron chi connectivity index (χ4n) is 3.56. The molecule has 2 aromatic carbocycles. The number of nitrogens with one attached hydrogen (secondary N) is 2. The van der Waals surface area contributed by atoms with Crippen molar-refractivity contribution >= 4 is 34.7 Å². The van der Waals surface area contributed by atoms with E-state index >= 15 is 0 Å². The normalized spacial score (nSPS) is 10.6. The van der Waals surface area contributed by atoms with E-state index < -0.39 is 11.6 Å². The van der Waals surface area contributed by atoms with Crippen LogP contribution in [0.15, 0.2) is 55.3 Å². The van der Waals surface area contributed by atoms with Gasteiger partial charge in [0.1, 0.15) is 23.0 Å². The lowest BCUT2D eigenvalue weighted by atomic mass is 10.1. The van der Waals surface area contributed by atoms with Gasteiger partial charge in [-0.3, -0.25) is 9.59 Å². The second-order valence-corrected chi connectivity index (χ2v) is 8.55. The van der Waals surface area contributed by atoms with Crippen LogP contribution in [0.4, 0.5) is 27.4 Å². The van der Waals surface area contributed by atoms with Crippen LogP contribution >= 0.6 is 0 Å². The number of methoxy groups -OCH3 is 2. The van der Waals surface area contributed by atoms with Gasteiger partial charge in [-0.1, -0.05) is 6.58 Å². The van der Waals surface area contributed by atoms with Crippen molar-refractivity contribution in [2.45, 2.75) is 0 Å². The maximum atomic E-state index is 13.6. The fraction of sp³-hybridized carbons (Fsp3) is 0.259. The smallest absolute Gasteiger partial charge is 0.247 e. The summed E-state index contributed by atoms with van der Waals surface area (Å²) >= 11 is 0. The number of hydrogen-bond donors (Lipinski definition) is 2. The third-order valence-electron chi connectivity index (χ3n) is 5.60. The number of rotatable bonds is 12. The first-order chi connectivity index (χ1) is 18.2. The van der Waals surface area contributed by atoms with Crippen LogP contribution in [0.5, 0.6) is 11.5 Å². The van der Waals surface area contributed by atoms with Crippen LogP contribution in [0, 0.1) is 5.82 Å². The zero-order chi connectivity index (χ0) is 27.8. The lowest BCUT2D eigenvalue weighted by Gasteiger charge is -2.26. The lowest BCUT2D eigenvalue weighted by molar-refractivity contribution is -0.111. The number of benzene rings is 2. The number of aromatic nitrogens is 2. The molecule has 11 heteroatoms. The Kier molecular flexibility index (Phi) is 9.33. The zero-order valence-corrected chi connectivity index (χ0v) is 22.0. The van der Waals surface area contributed by atoms with E-state index in [1.54, 1.807) is 12.1 Å². The van der Waals surface area contributed by atoms with Crippen LogP contribution in [0.3, 0.4) is 0 Å². The Hall–Kier alpha value is -4.51. The third kappa shape index (κ3) is 6.83. The Labute approximate surface area is 221 Å². The Morgan fingerprint density at radius 3 is 2.42 bits per heavy atom. The van der Waals surface area contributed by atoms with Crippen molar-refractivity contribution in [2.75, 3.05) is 64.0 Å². The van der Waals surface area contributed by atoms with E-state index in [2.05, 4.69) is 32.1 Å². The number of amides is 1. The number of nitrogens with zero attached hydrogens (tertiary/aromatic N) is 4. The van der Waals surface area contributed by atoms with Gasteiger partial charge < -0.3 is 29.9 Å². The minimum Gasteiger partial charge on any atom is -0.496 e. The number of anilines is 4. The summed E-state index contributed by atoms with van der Waals surface area (Å²) in [7, 11) is 8.75. The summed E-state index contributed by atoms with van der Waals surface area (Å²) in [6.45, 7) is 5.02. The summed E-state index contributed by atoms with van der Waals surface area (Å²) in [6, 6.07) is 8.59. The maximum absolute atomic E-state index is 13.6. The van der Waals surface area contributed by atoms with Crippen LogP contribution in [0.25, 0.3) is 0 Å². The van der Waals surface area contributed by atoms with Crippen molar-refractivity contribution in [3.05, 3.63) is 72.3 Å². The fourth-order valence-corrected chi connectivity index (χ4v) is 3.56. The first-order valence-electron chi connectivity index (χ1n) is 11.7. The van der Waals surface area contributed by atoms with Gasteiger partial charge >= 0.3 is 0 Å². The molecule has 0 aliphatic rings. The van der Waals surface area contributed by atoms with Crippen molar-refractivity contribution in [2.24, 2.45) is 0 Å². The average molecular weight is 523 g/mol. The largest absolute Gasteiger partial charge is 0.496 e. The lowest BCUT2D eigenvalue weighted by Crippen LogP contribution is -2.29. The summed E-state index contributed by atoms with van der Waals surface area (Å²) in [6.07, 6.45) is 2.61. The van der Waals surface area contributed by atoms with Gasteiger partial charge in [0, 0.05) is 38.5 Å². The highest BCUT2D eigenvalue weighted by molar-refractivity contribution is 6.09. The predicted molar refractivity (Wildman–Crippen MR) is 145 cm³/mol. The molecule has 1 heterocycles. The molecule has 3 rings (SSSR count). The summed E-state index contributed by atoms with van der Waals surface area (Å²) in [5, 5.41) is 5.89. The van der Waals surface area contributed by atoms with Crippen LogP contribution in [-0.4, -0.2) is 75.0 Å². The number of carbonyl (C=O) groups is 2. The molecule has 0 atom stereocenters. The van der Waals surface area contributed by atoms with E-state index in [9.17, 15) is 14.0 Å². The van der Waals surface area contributed by atoms with E-state index in [0.29, 0.717) is 23.7 Å². The van der Waals surface area contributed by atoms with E-state index in [1.165, 1.54) is 44.7 Å². The van der Waals surface area contributed by atoms with Crippen LogP contribution < -0.4 is 25.0 Å². The zero-order valence-electron chi connectivity index (χ0n) is 22.0. The number of carbonyl (C=O) groups excluding carboxylic acids is 2. The molecule has 2 N–H and O–H groups in total. The first-order valence-corrected chi connectivity index (χ1v) is 11.7. The molecule has 0 aliphatic heterocycles. The standard InChI is InChI=1S/C27H31FN6O4/c1-7-25(35)30-20-15-21(24(38-6)16-22(20)34(4)13-12-33(2)3)32-27-29-11-10-19(31-27)26(36)18-9-8-17(28)14-23(18)37-5/h7-11,14-16H,1,12-13H2,2-6H3,(H,30,35)(H,29,31,32). The van der Waals surface area contributed by atoms with Gasteiger partial charge in [-0.2, -0.15) is 0 Å². The summed E-state index contributed by atoms with van der Waals surface area (Å²) in [4.78, 5) is 37.9. The van der Waals surface area contributed by atoms with Gasteiger partial charge in [0.2, 0.25) is 17.6 Å². The van der Waals surface area contributed by atoms with Crippen molar-refractivity contribution in [1.82, 2.24) is 14.9 Å². The topological polar surface area (TPSA) is 109 Å². The van der Waals surface area contributed by atoms with Gasteiger partial charge in [-0.25, -0.2) is 14.4 Å². The number of likely N-dealkylation sites (N-methyl/N-ethyl adjacent to an activating group) is 2. The highest BCUT2D eigenvalue weighted by Gasteiger charge is 2.19. The minimum absolute atomic E-state index is 0.0756. The molecule has 0 saturated carbocycles. The molecule has 1 amide bonds. The Bertz CT molecular complexity index is 1330. The molecule has 10 nitrogen and oxygen atoms in total. The second kappa shape index (κ2) is 12.6. The van der Waals surface area contributed by atoms with Crippen LogP contribution in [-0.2, 0) is 4.79 Å². The van der Waals surface area contributed by atoms with Gasteiger partial charge in [0.15, 0.2) is 0 Å². The van der Waals surface area contributed by atoms with Crippen molar-refractivity contribution in [3.8, 4) is 11.5 Å². The van der Waals surface area contributed by atoms with Crippen LogP contribution in [0.1, 0.15) is 16.1 Å². The molecule has 0 spiro atoms. The molecule has 38 heavy (non-hydrogen) atoms. The maximum Gasteiger partial charge on any atom is 0.247 e. The molecule has 1 aromatic heterocycles. The average Bonchev–Trinajstić information content (AvgIpc) is 2.91. The predicted octanol–water partition coefficient (Wildman–Crippen LogP) is 3.73. The summed E-state index contributed by atoms with van der Waals surface area (Å²) in [5.74, 6) is -0.678. The molecule has 200 valence electrons. The molecule has 0 saturated heterocycles. The second-order valence-electron chi connectivity index (χ2n) is 8.55. The van der Waals surface area contributed by atoms with Gasteiger partial charge in [0.25, 0.3) is 0 Å².